The second kappa shape index (κ2) is 6.05. The van der Waals surface area contributed by atoms with Crippen molar-refractivity contribution in [3.8, 4) is 0 Å². The standard InChI is InChI=1S/C15H29N/c1-3-16-15(13-7-5-4-6-8-13)14-10-9-12(2)11-14/h12-16H,3-11H2,1-2H3. The normalized spacial score (nSPS) is 34.1. The van der Waals surface area contributed by atoms with Gasteiger partial charge in [0, 0.05) is 6.04 Å². The van der Waals surface area contributed by atoms with Gasteiger partial charge in [0.25, 0.3) is 0 Å². The molecule has 3 atom stereocenters. The summed E-state index contributed by atoms with van der Waals surface area (Å²) < 4.78 is 0. The van der Waals surface area contributed by atoms with Crippen LogP contribution < -0.4 is 5.32 Å². The lowest BCUT2D eigenvalue weighted by atomic mass is 9.78. The van der Waals surface area contributed by atoms with E-state index in [4.69, 9.17) is 0 Å². The van der Waals surface area contributed by atoms with E-state index in [0.29, 0.717) is 0 Å². The average molecular weight is 223 g/mol. The number of hydrogen-bond acceptors (Lipinski definition) is 1. The minimum atomic E-state index is 0.843. The fourth-order valence-corrected chi connectivity index (χ4v) is 4.02. The van der Waals surface area contributed by atoms with E-state index >= 15 is 0 Å². The molecule has 2 fully saturated rings. The van der Waals surface area contributed by atoms with Gasteiger partial charge < -0.3 is 5.32 Å². The van der Waals surface area contributed by atoms with Crippen LogP contribution >= 0.6 is 0 Å². The van der Waals surface area contributed by atoms with E-state index in [1.807, 2.05) is 0 Å². The zero-order valence-corrected chi connectivity index (χ0v) is 11.2. The van der Waals surface area contributed by atoms with Crippen molar-refractivity contribution in [3.63, 3.8) is 0 Å². The molecule has 1 nitrogen and oxygen atoms in total. The Morgan fingerprint density at radius 2 is 1.75 bits per heavy atom. The highest BCUT2D eigenvalue weighted by Crippen LogP contribution is 2.38. The van der Waals surface area contributed by atoms with Gasteiger partial charge >= 0.3 is 0 Å². The molecule has 0 spiro atoms. The fourth-order valence-electron chi connectivity index (χ4n) is 4.02. The first kappa shape index (κ1) is 12.4. The smallest absolute Gasteiger partial charge is 0.0124 e. The van der Waals surface area contributed by atoms with Crippen molar-refractivity contribution in [2.45, 2.75) is 71.3 Å². The first-order chi connectivity index (χ1) is 7.81. The summed E-state index contributed by atoms with van der Waals surface area (Å²) in [4.78, 5) is 0. The highest BCUT2D eigenvalue weighted by molar-refractivity contribution is 4.88. The van der Waals surface area contributed by atoms with Crippen LogP contribution in [0.15, 0.2) is 0 Å². The summed E-state index contributed by atoms with van der Waals surface area (Å²) in [7, 11) is 0. The Bertz CT molecular complexity index is 191. The lowest BCUT2D eigenvalue weighted by Gasteiger charge is -2.35. The number of rotatable bonds is 4. The quantitative estimate of drug-likeness (QED) is 0.760. The summed E-state index contributed by atoms with van der Waals surface area (Å²) in [5, 5.41) is 3.81. The molecule has 0 amide bonds. The minimum Gasteiger partial charge on any atom is -0.314 e. The number of nitrogens with one attached hydrogen (secondary N) is 1. The molecule has 0 aromatic rings. The minimum absolute atomic E-state index is 0.843. The van der Waals surface area contributed by atoms with Crippen LogP contribution in [0.25, 0.3) is 0 Å². The zero-order valence-electron chi connectivity index (χ0n) is 11.2. The van der Waals surface area contributed by atoms with Crippen LogP contribution in [0.1, 0.15) is 65.2 Å². The zero-order chi connectivity index (χ0) is 11.4. The summed E-state index contributed by atoms with van der Waals surface area (Å²) in [6, 6.07) is 0.843. The van der Waals surface area contributed by atoms with Gasteiger partial charge in [-0.25, -0.2) is 0 Å². The van der Waals surface area contributed by atoms with Crippen LogP contribution in [-0.4, -0.2) is 12.6 Å². The van der Waals surface area contributed by atoms with Gasteiger partial charge in [-0.2, -0.15) is 0 Å². The molecule has 2 aliphatic carbocycles. The van der Waals surface area contributed by atoms with Crippen molar-refractivity contribution in [2.24, 2.45) is 17.8 Å². The lowest BCUT2D eigenvalue weighted by Crippen LogP contribution is -2.42. The summed E-state index contributed by atoms with van der Waals surface area (Å²) in [6.45, 7) is 5.87. The van der Waals surface area contributed by atoms with Gasteiger partial charge in [-0.3, -0.25) is 0 Å². The van der Waals surface area contributed by atoms with E-state index < -0.39 is 0 Å². The van der Waals surface area contributed by atoms with E-state index in [1.165, 1.54) is 51.4 Å². The Morgan fingerprint density at radius 1 is 1.00 bits per heavy atom. The molecule has 0 heterocycles. The SMILES string of the molecule is CCNC(C1CCCCC1)C1CCC(C)C1. The van der Waals surface area contributed by atoms with Crippen molar-refractivity contribution in [2.75, 3.05) is 6.54 Å². The van der Waals surface area contributed by atoms with E-state index in [2.05, 4.69) is 19.2 Å². The Kier molecular flexibility index (Phi) is 4.69. The Labute approximate surface area is 101 Å². The molecule has 1 N–H and O–H groups in total. The van der Waals surface area contributed by atoms with Crippen molar-refractivity contribution in [1.29, 1.82) is 0 Å². The van der Waals surface area contributed by atoms with E-state index in [1.54, 1.807) is 0 Å². The molecule has 0 saturated heterocycles. The maximum absolute atomic E-state index is 3.81. The first-order valence-electron chi connectivity index (χ1n) is 7.54. The van der Waals surface area contributed by atoms with Gasteiger partial charge in [0.15, 0.2) is 0 Å². The van der Waals surface area contributed by atoms with Crippen LogP contribution in [0, 0.1) is 17.8 Å². The number of hydrogen-bond donors (Lipinski definition) is 1. The highest BCUT2D eigenvalue weighted by Gasteiger charge is 2.33. The molecule has 16 heavy (non-hydrogen) atoms. The molecular weight excluding hydrogens is 194 g/mol. The molecule has 3 unspecified atom stereocenters. The van der Waals surface area contributed by atoms with Gasteiger partial charge in [-0.15, -0.1) is 0 Å². The van der Waals surface area contributed by atoms with Crippen LogP contribution in [0.2, 0.25) is 0 Å². The summed E-state index contributed by atoms with van der Waals surface area (Å²) >= 11 is 0. The van der Waals surface area contributed by atoms with E-state index in [0.717, 1.165) is 30.3 Å². The monoisotopic (exact) mass is 223 g/mol. The average Bonchev–Trinajstić information content (AvgIpc) is 2.74. The molecule has 94 valence electrons. The molecule has 2 aliphatic rings. The largest absolute Gasteiger partial charge is 0.314 e. The van der Waals surface area contributed by atoms with Crippen LogP contribution in [0.4, 0.5) is 0 Å². The lowest BCUT2D eigenvalue weighted by molar-refractivity contribution is 0.207. The Balaban J connectivity index is 1.92. The third kappa shape index (κ3) is 3.00. The molecule has 0 radical (unpaired) electrons. The van der Waals surface area contributed by atoms with Crippen molar-refractivity contribution >= 4 is 0 Å². The first-order valence-corrected chi connectivity index (χ1v) is 7.54. The molecule has 0 bridgehead atoms. The Hall–Kier alpha value is -0.0400. The van der Waals surface area contributed by atoms with Crippen molar-refractivity contribution in [1.82, 2.24) is 5.32 Å². The fraction of sp³-hybridized carbons (Fsp3) is 1.00. The predicted molar refractivity (Wildman–Crippen MR) is 70.5 cm³/mol. The van der Waals surface area contributed by atoms with Crippen molar-refractivity contribution in [3.05, 3.63) is 0 Å². The topological polar surface area (TPSA) is 12.0 Å². The molecule has 2 rings (SSSR count). The summed E-state index contributed by atoms with van der Waals surface area (Å²) in [5.41, 5.74) is 0. The molecule has 2 saturated carbocycles. The maximum Gasteiger partial charge on any atom is 0.0124 e. The molecule has 1 heteroatoms. The van der Waals surface area contributed by atoms with Gasteiger partial charge in [0.1, 0.15) is 0 Å². The second-order valence-electron chi connectivity index (χ2n) is 6.16. The highest BCUT2D eigenvalue weighted by atomic mass is 14.9. The van der Waals surface area contributed by atoms with Crippen molar-refractivity contribution < 1.29 is 0 Å². The third-order valence-corrected chi connectivity index (χ3v) is 4.84. The van der Waals surface area contributed by atoms with Gasteiger partial charge in [-0.05, 0) is 50.0 Å². The molecule has 0 aromatic carbocycles. The second-order valence-corrected chi connectivity index (χ2v) is 6.16. The van der Waals surface area contributed by atoms with E-state index in [-0.39, 0.29) is 0 Å². The van der Waals surface area contributed by atoms with E-state index in [9.17, 15) is 0 Å². The molecular formula is C15H29N. The van der Waals surface area contributed by atoms with Crippen LogP contribution in [0.3, 0.4) is 0 Å². The van der Waals surface area contributed by atoms with Gasteiger partial charge in [0.2, 0.25) is 0 Å². The molecule has 0 aliphatic heterocycles. The van der Waals surface area contributed by atoms with Gasteiger partial charge in [0.05, 0.1) is 0 Å². The van der Waals surface area contributed by atoms with Gasteiger partial charge in [-0.1, -0.05) is 39.5 Å². The van der Waals surface area contributed by atoms with Crippen LogP contribution in [0.5, 0.6) is 0 Å². The Morgan fingerprint density at radius 3 is 2.31 bits per heavy atom. The summed E-state index contributed by atoms with van der Waals surface area (Å²) in [6.07, 6.45) is 11.9. The molecule has 0 aromatic heterocycles. The van der Waals surface area contributed by atoms with Crippen LogP contribution in [-0.2, 0) is 0 Å². The maximum atomic E-state index is 3.81. The predicted octanol–water partition coefficient (Wildman–Crippen LogP) is 3.98. The summed E-state index contributed by atoms with van der Waals surface area (Å²) in [5.74, 6) is 2.96. The third-order valence-electron chi connectivity index (χ3n) is 4.84.